The summed E-state index contributed by atoms with van der Waals surface area (Å²) in [6, 6.07) is 10.4. The molecule has 1 aromatic carbocycles. The standard InChI is InChI=1S/C26H42N4O3/c1-21(2)27-25(32)29-13-11-26(12-14-29)19-23(10-17-33-26)18-24(31)30(16-15-28(3)4)20-22-8-6-5-7-9-22/h5-9,21,23H,10-20H2,1-4H3,(H,27,32). The maximum absolute atomic E-state index is 13.3. The largest absolute Gasteiger partial charge is 0.375 e. The third kappa shape index (κ3) is 7.71. The summed E-state index contributed by atoms with van der Waals surface area (Å²) in [5.74, 6) is 0.566. The molecule has 0 aromatic heterocycles. The van der Waals surface area contributed by atoms with Crippen molar-refractivity contribution in [1.82, 2.24) is 20.0 Å². The molecule has 7 heteroatoms. The van der Waals surface area contributed by atoms with Crippen molar-refractivity contribution in [2.24, 2.45) is 5.92 Å². The Morgan fingerprint density at radius 1 is 1.15 bits per heavy atom. The number of benzene rings is 1. The monoisotopic (exact) mass is 458 g/mol. The van der Waals surface area contributed by atoms with Crippen LogP contribution in [0.5, 0.6) is 0 Å². The molecule has 2 fully saturated rings. The van der Waals surface area contributed by atoms with Crippen LogP contribution in [-0.2, 0) is 16.1 Å². The average molecular weight is 459 g/mol. The van der Waals surface area contributed by atoms with Crippen LogP contribution in [0.3, 0.4) is 0 Å². The zero-order chi connectivity index (χ0) is 23.8. The Labute approximate surface area is 199 Å². The highest BCUT2D eigenvalue weighted by atomic mass is 16.5. The van der Waals surface area contributed by atoms with Gasteiger partial charge in [-0.05, 0) is 65.1 Å². The Morgan fingerprint density at radius 3 is 2.48 bits per heavy atom. The van der Waals surface area contributed by atoms with Gasteiger partial charge in [0.25, 0.3) is 0 Å². The summed E-state index contributed by atoms with van der Waals surface area (Å²) in [5, 5.41) is 2.98. The highest BCUT2D eigenvalue weighted by Crippen LogP contribution is 2.39. The molecule has 1 N–H and O–H groups in total. The highest BCUT2D eigenvalue weighted by Gasteiger charge is 2.41. The molecule has 184 valence electrons. The van der Waals surface area contributed by atoms with Gasteiger partial charge in [0.2, 0.25) is 5.91 Å². The molecule has 2 aliphatic rings. The molecule has 1 atom stereocenters. The minimum Gasteiger partial charge on any atom is -0.375 e. The van der Waals surface area contributed by atoms with Crippen LogP contribution in [0.15, 0.2) is 30.3 Å². The van der Waals surface area contributed by atoms with Gasteiger partial charge in [-0.2, -0.15) is 0 Å². The lowest BCUT2D eigenvalue weighted by Gasteiger charge is -2.46. The number of nitrogens with zero attached hydrogens (tertiary/aromatic N) is 3. The molecule has 3 amide bonds. The molecule has 0 radical (unpaired) electrons. The average Bonchev–Trinajstić information content (AvgIpc) is 2.77. The topological polar surface area (TPSA) is 65.1 Å². The van der Waals surface area contributed by atoms with Crippen molar-refractivity contribution >= 4 is 11.9 Å². The van der Waals surface area contributed by atoms with Crippen LogP contribution < -0.4 is 5.32 Å². The predicted molar refractivity (Wildman–Crippen MR) is 131 cm³/mol. The first-order chi connectivity index (χ1) is 15.8. The molecule has 3 rings (SSSR count). The molecule has 2 heterocycles. The van der Waals surface area contributed by atoms with E-state index < -0.39 is 0 Å². The zero-order valence-electron chi connectivity index (χ0n) is 20.9. The van der Waals surface area contributed by atoms with E-state index in [1.165, 1.54) is 5.56 Å². The number of hydrogen-bond donors (Lipinski definition) is 1. The van der Waals surface area contributed by atoms with Crippen LogP contribution in [0.2, 0.25) is 0 Å². The van der Waals surface area contributed by atoms with E-state index in [1.54, 1.807) is 0 Å². The van der Waals surface area contributed by atoms with E-state index in [0.717, 1.165) is 38.8 Å². The van der Waals surface area contributed by atoms with Crippen LogP contribution in [0.1, 0.15) is 51.5 Å². The number of likely N-dealkylation sites (tertiary alicyclic amines) is 1. The van der Waals surface area contributed by atoms with E-state index in [4.69, 9.17) is 4.74 Å². The van der Waals surface area contributed by atoms with Crippen LogP contribution >= 0.6 is 0 Å². The van der Waals surface area contributed by atoms with Crippen LogP contribution in [0.4, 0.5) is 4.79 Å². The predicted octanol–water partition coefficient (Wildman–Crippen LogP) is 3.35. The SMILES string of the molecule is CC(C)NC(=O)N1CCC2(CC1)CC(CC(=O)N(CCN(C)C)Cc1ccccc1)CCO2. The molecule has 1 spiro atoms. The fourth-order valence-electron chi connectivity index (χ4n) is 4.90. The fourth-order valence-corrected chi connectivity index (χ4v) is 4.90. The van der Waals surface area contributed by atoms with Crippen molar-refractivity contribution in [2.75, 3.05) is 46.9 Å². The summed E-state index contributed by atoms with van der Waals surface area (Å²) in [6.07, 6.45) is 4.10. The molecule has 2 saturated heterocycles. The Bertz CT molecular complexity index is 760. The van der Waals surface area contributed by atoms with Gasteiger partial charge in [0.1, 0.15) is 0 Å². The van der Waals surface area contributed by atoms with E-state index in [9.17, 15) is 9.59 Å². The maximum Gasteiger partial charge on any atom is 0.317 e. The van der Waals surface area contributed by atoms with Crippen LogP contribution in [0, 0.1) is 5.92 Å². The number of nitrogens with one attached hydrogen (secondary N) is 1. The van der Waals surface area contributed by atoms with Crippen molar-refractivity contribution in [2.45, 2.75) is 64.1 Å². The second-order valence-corrected chi connectivity index (χ2v) is 10.3. The van der Waals surface area contributed by atoms with Gasteiger partial charge in [-0.3, -0.25) is 4.79 Å². The zero-order valence-corrected chi connectivity index (χ0v) is 20.9. The molecule has 0 aliphatic carbocycles. The Morgan fingerprint density at radius 2 is 1.85 bits per heavy atom. The molecule has 1 unspecified atom stereocenters. The van der Waals surface area contributed by atoms with Crippen LogP contribution in [0.25, 0.3) is 0 Å². The van der Waals surface area contributed by atoms with Gasteiger partial charge < -0.3 is 24.8 Å². The lowest BCUT2D eigenvalue weighted by molar-refractivity contribution is -0.141. The van der Waals surface area contributed by atoms with E-state index in [1.807, 2.05) is 55.9 Å². The normalized spacial score (nSPS) is 20.3. The third-order valence-corrected chi connectivity index (χ3v) is 6.82. The van der Waals surface area contributed by atoms with E-state index >= 15 is 0 Å². The van der Waals surface area contributed by atoms with Gasteiger partial charge in [-0.15, -0.1) is 0 Å². The van der Waals surface area contributed by atoms with E-state index in [-0.39, 0.29) is 23.6 Å². The van der Waals surface area contributed by atoms with Gasteiger partial charge in [0.05, 0.1) is 5.60 Å². The number of likely N-dealkylation sites (N-methyl/N-ethyl adjacent to an activating group) is 1. The van der Waals surface area contributed by atoms with Crippen molar-refractivity contribution in [3.63, 3.8) is 0 Å². The number of ether oxygens (including phenoxy) is 1. The number of piperidine rings is 1. The minimum atomic E-state index is -0.189. The first-order valence-electron chi connectivity index (χ1n) is 12.4. The molecule has 2 aliphatic heterocycles. The number of carbonyl (C=O) groups is 2. The van der Waals surface area contributed by atoms with Gasteiger partial charge in [0, 0.05) is 51.8 Å². The maximum atomic E-state index is 13.3. The van der Waals surface area contributed by atoms with Crippen molar-refractivity contribution in [3.8, 4) is 0 Å². The molecule has 33 heavy (non-hydrogen) atoms. The summed E-state index contributed by atoms with van der Waals surface area (Å²) >= 11 is 0. The van der Waals surface area contributed by atoms with Gasteiger partial charge in [0.15, 0.2) is 0 Å². The van der Waals surface area contributed by atoms with Crippen molar-refractivity contribution in [3.05, 3.63) is 35.9 Å². The van der Waals surface area contributed by atoms with Crippen molar-refractivity contribution < 1.29 is 14.3 Å². The Balaban J connectivity index is 1.56. The van der Waals surface area contributed by atoms with E-state index in [0.29, 0.717) is 38.6 Å². The van der Waals surface area contributed by atoms with Crippen LogP contribution in [-0.4, -0.2) is 85.2 Å². The molecule has 1 aromatic rings. The summed E-state index contributed by atoms with van der Waals surface area (Å²) in [5.41, 5.74) is 0.978. The smallest absolute Gasteiger partial charge is 0.317 e. The van der Waals surface area contributed by atoms with E-state index in [2.05, 4.69) is 22.3 Å². The second-order valence-electron chi connectivity index (χ2n) is 10.3. The number of urea groups is 1. The summed E-state index contributed by atoms with van der Waals surface area (Å²) < 4.78 is 6.27. The molecule has 7 nitrogen and oxygen atoms in total. The molecule has 0 saturated carbocycles. The number of hydrogen-bond acceptors (Lipinski definition) is 4. The lowest BCUT2D eigenvalue weighted by Crippen LogP contribution is -2.53. The molecular weight excluding hydrogens is 416 g/mol. The molecule has 0 bridgehead atoms. The first kappa shape index (κ1) is 25.5. The minimum absolute atomic E-state index is 0.0137. The fraction of sp³-hybridized carbons (Fsp3) is 0.692. The lowest BCUT2D eigenvalue weighted by atomic mass is 9.78. The summed E-state index contributed by atoms with van der Waals surface area (Å²) in [7, 11) is 4.09. The number of carbonyl (C=O) groups excluding carboxylic acids is 2. The first-order valence-corrected chi connectivity index (χ1v) is 12.4. The third-order valence-electron chi connectivity index (χ3n) is 6.82. The van der Waals surface area contributed by atoms with Gasteiger partial charge >= 0.3 is 6.03 Å². The second kappa shape index (κ2) is 11.8. The number of amides is 3. The summed E-state index contributed by atoms with van der Waals surface area (Å²) in [4.78, 5) is 31.7. The molecular formula is C26H42N4O3. The Hall–Kier alpha value is -2.12. The summed E-state index contributed by atoms with van der Waals surface area (Å²) in [6.45, 7) is 8.32. The Kier molecular flexibility index (Phi) is 9.15. The highest BCUT2D eigenvalue weighted by molar-refractivity contribution is 5.76. The van der Waals surface area contributed by atoms with Crippen molar-refractivity contribution in [1.29, 1.82) is 0 Å². The van der Waals surface area contributed by atoms with Gasteiger partial charge in [-0.25, -0.2) is 4.79 Å². The van der Waals surface area contributed by atoms with Gasteiger partial charge in [-0.1, -0.05) is 30.3 Å². The quantitative estimate of drug-likeness (QED) is 0.649. The number of rotatable bonds is 8.